The first-order valence-electron chi connectivity index (χ1n) is 13.5. The van der Waals surface area contributed by atoms with E-state index in [1.807, 2.05) is 0 Å². The van der Waals surface area contributed by atoms with E-state index < -0.39 is 20.1 Å². The fourth-order valence-electron chi connectivity index (χ4n) is 5.81. The molecule has 210 valence electrons. The molecule has 0 amide bonds. The minimum absolute atomic E-state index is 1.39. The average molecular weight is 745 g/mol. The van der Waals surface area contributed by atoms with Crippen LogP contribution in [0, 0.1) is 0 Å². The molecule has 5 heteroatoms. The Labute approximate surface area is 260 Å². The van der Waals surface area contributed by atoms with Gasteiger partial charge in [0, 0.05) is 0 Å². The van der Waals surface area contributed by atoms with E-state index in [9.17, 15) is 0 Å². The molecule has 0 nitrogen and oxygen atoms in total. The quantitative estimate of drug-likeness (QED) is 0.109. The van der Waals surface area contributed by atoms with Crippen LogP contribution in [0.3, 0.4) is 0 Å². The van der Waals surface area contributed by atoms with Crippen molar-refractivity contribution in [1.82, 2.24) is 0 Å². The molecule has 0 saturated heterocycles. The van der Waals surface area contributed by atoms with Crippen molar-refractivity contribution >= 4 is 72.4 Å². The molecule has 0 heterocycles. The van der Waals surface area contributed by atoms with E-state index in [0.29, 0.717) is 0 Å². The van der Waals surface area contributed by atoms with Crippen LogP contribution >= 0.6 is 40.5 Å². The van der Waals surface area contributed by atoms with Gasteiger partial charge < -0.3 is 0 Å². The van der Waals surface area contributed by atoms with Crippen LogP contribution in [-0.4, -0.2) is 0 Å². The molecule has 0 aliphatic rings. The molecular weight excluding hydrogens is 713 g/mol. The molecule has 6 aromatic carbocycles. The van der Waals surface area contributed by atoms with Gasteiger partial charge in [-0.15, -0.1) is 0 Å². The Morgan fingerprint density at radius 3 is 0.561 bits per heavy atom. The van der Waals surface area contributed by atoms with Crippen molar-refractivity contribution in [3.8, 4) is 0 Å². The number of halogens is 2. The summed E-state index contributed by atoms with van der Waals surface area (Å²) in [4.78, 5) is 0. The average Bonchev–Trinajstić information content (AvgIpc) is 3.05. The molecule has 41 heavy (non-hydrogen) atoms. The summed E-state index contributed by atoms with van der Waals surface area (Å²) in [5, 5.41) is 8.37. The Hall–Kier alpha value is -2.37. The maximum atomic E-state index is 4.78. The molecule has 0 N–H and O–H groups in total. The van der Waals surface area contributed by atoms with Crippen molar-refractivity contribution in [2.45, 2.75) is 0 Å². The number of hydrogen-bond donors (Lipinski definition) is 0. The van der Waals surface area contributed by atoms with E-state index in [4.69, 9.17) is 28.5 Å². The first-order chi connectivity index (χ1) is 20.1. The zero-order valence-corrected chi connectivity index (χ0v) is 28.6. The van der Waals surface area contributed by atoms with Crippen LogP contribution in [0.4, 0.5) is 0 Å². The van der Waals surface area contributed by atoms with Gasteiger partial charge in [0.05, 0.1) is 0 Å². The zero-order chi connectivity index (χ0) is 28.2. The third-order valence-electron chi connectivity index (χ3n) is 7.52. The van der Waals surface area contributed by atoms with Crippen LogP contribution in [0.2, 0.25) is 0 Å². The first-order valence-corrected chi connectivity index (χ1v) is 25.0. The number of hydrogen-bond acceptors (Lipinski definition) is 0. The van der Waals surface area contributed by atoms with Gasteiger partial charge in [-0.2, -0.15) is 0 Å². The molecule has 0 aliphatic carbocycles. The minimum atomic E-state index is -2.85. The van der Waals surface area contributed by atoms with Crippen molar-refractivity contribution < 1.29 is 7.98 Å². The molecule has 6 rings (SSSR count). The molecule has 0 atom stereocenters. The van der Waals surface area contributed by atoms with E-state index in [0.717, 1.165) is 0 Å². The van der Waals surface area contributed by atoms with E-state index in [1.54, 1.807) is 0 Å². The summed E-state index contributed by atoms with van der Waals surface area (Å²) in [5.41, 5.74) is 0. The summed E-state index contributed by atoms with van der Waals surface area (Å²) in [6.45, 7) is 0. The fraction of sp³-hybridized carbons (Fsp3) is 0. The summed E-state index contributed by atoms with van der Waals surface area (Å²) in [6, 6.07) is 61.9. The molecule has 0 radical (unpaired) electrons. The van der Waals surface area contributed by atoms with Gasteiger partial charge in [0.1, 0.15) is 0 Å². The van der Waals surface area contributed by atoms with Gasteiger partial charge in [0.2, 0.25) is 0 Å². The van der Waals surface area contributed by atoms with Gasteiger partial charge >= 0.3 is 262 Å². The van der Waals surface area contributed by atoms with E-state index in [2.05, 4.69) is 182 Å². The first kappa shape index (κ1) is 28.7. The normalized spacial score (nSPS) is 13.3. The Bertz CT molecular complexity index is 1360. The van der Waals surface area contributed by atoms with Crippen molar-refractivity contribution in [2.75, 3.05) is 0 Å². The standard InChI is InChI=1S/2C18H15P.2BrH.Ni/c2*1-4-10-16(11-5-1)19(17-12-6-2-7-13-17)18-14-8-3-9-15-18;;;/h2*1-15H;2*1H;. The Morgan fingerprint density at radius 1 is 0.268 bits per heavy atom. The molecule has 0 bridgehead atoms. The summed E-state index contributed by atoms with van der Waals surface area (Å²) in [6.07, 6.45) is 0. The fourth-order valence-corrected chi connectivity index (χ4v) is 57.1. The van der Waals surface area contributed by atoms with Crippen LogP contribution < -0.4 is 31.8 Å². The monoisotopic (exact) mass is 742 g/mol. The molecular formula is C36H32Br2NiP2. The van der Waals surface area contributed by atoms with Crippen LogP contribution in [-0.2, 0) is 7.98 Å². The SMILES string of the molecule is [Br][Ni]([Br])([PH](c1ccccc1)(c1ccccc1)c1ccccc1)[PH](c1ccccc1)(c1ccccc1)c1ccccc1. The van der Waals surface area contributed by atoms with Gasteiger partial charge in [0.25, 0.3) is 0 Å². The van der Waals surface area contributed by atoms with Gasteiger partial charge in [-0.25, -0.2) is 0 Å². The van der Waals surface area contributed by atoms with Gasteiger partial charge in [-0.05, 0) is 0 Å². The molecule has 0 aromatic heterocycles. The maximum absolute atomic E-state index is 4.78. The molecule has 0 unspecified atom stereocenters. The van der Waals surface area contributed by atoms with Crippen molar-refractivity contribution in [3.05, 3.63) is 182 Å². The van der Waals surface area contributed by atoms with Crippen LogP contribution in [0.25, 0.3) is 0 Å². The summed E-state index contributed by atoms with van der Waals surface area (Å²) in [7, 11) is -2.07. The Kier molecular flexibility index (Phi) is 8.74. The van der Waals surface area contributed by atoms with Crippen molar-refractivity contribution in [2.24, 2.45) is 0 Å². The topological polar surface area (TPSA) is 0 Å². The second kappa shape index (κ2) is 12.5. The molecule has 0 saturated carbocycles. The summed E-state index contributed by atoms with van der Waals surface area (Å²) in [5.74, 6) is 0. The predicted octanol–water partition coefficient (Wildman–Crippen LogP) is 8.04. The molecule has 0 spiro atoms. The van der Waals surface area contributed by atoms with Crippen molar-refractivity contribution in [1.29, 1.82) is 0 Å². The number of rotatable bonds is 8. The van der Waals surface area contributed by atoms with Gasteiger partial charge in [0.15, 0.2) is 0 Å². The van der Waals surface area contributed by atoms with Crippen LogP contribution in [0.5, 0.6) is 0 Å². The van der Waals surface area contributed by atoms with Gasteiger partial charge in [-0.1, -0.05) is 0 Å². The van der Waals surface area contributed by atoms with E-state index in [-0.39, 0.29) is 0 Å². The second-order valence-corrected chi connectivity index (χ2v) is 43.1. The van der Waals surface area contributed by atoms with Crippen LogP contribution in [0.15, 0.2) is 182 Å². The Morgan fingerprint density at radius 2 is 0.415 bits per heavy atom. The van der Waals surface area contributed by atoms with Crippen molar-refractivity contribution in [3.63, 3.8) is 0 Å². The third-order valence-corrected chi connectivity index (χ3v) is 50.5. The summed E-state index contributed by atoms with van der Waals surface area (Å²) >= 11 is 9.57. The summed E-state index contributed by atoms with van der Waals surface area (Å²) < 4.78 is 0. The second-order valence-electron chi connectivity index (χ2n) is 9.78. The third kappa shape index (κ3) is 4.81. The predicted molar refractivity (Wildman–Crippen MR) is 191 cm³/mol. The van der Waals surface area contributed by atoms with Gasteiger partial charge in [-0.3, -0.25) is 0 Å². The zero-order valence-electron chi connectivity index (χ0n) is 22.4. The molecule has 6 aromatic rings. The molecule has 0 aliphatic heterocycles. The Balaban J connectivity index is 1.86. The van der Waals surface area contributed by atoms with Crippen LogP contribution in [0.1, 0.15) is 0 Å². The number of benzene rings is 6. The van der Waals surface area contributed by atoms with E-state index in [1.165, 1.54) is 31.8 Å². The van der Waals surface area contributed by atoms with E-state index >= 15 is 0 Å². The molecule has 0 fully saturated rings.